The summed E-state index contributed by atoms with van der Waals surface area (Å²) in [6.45, 7) is 2.20. The minimum absolute atomic E-state index is 0.0115. The average Bonchev–Trinajstić information content (AvgIpc) is 3.02. The lowest BCUT2D eigenvalue weighted by Crippen LogP contribution is -2.22. The number of carboxylic acid groups (broad SMARTS) is 1. The molecule has 0 radical (unpaired) electrons. The minimum atomic E-state index is -1.10. The Morgan fingerprint density at radius 1 is 1.32 bits per heavy atom. The normalized spacial score (nSPS) is 26.1. The predicted molar refractivity (Wildman–Crippen MR) is 105 cm³/mol. The molecule has 0 spiro atoms. The lowest BCUT2D eigenvalue weighted by atomic mass is 9.90. The zero-order valence-electron chi connectivity index (χ0n) is 15.4. The standard InChI is InChI=1S/C21H21ClN2O4/c1-21-9-3-2-4-15(21)18(21)19(25)24-23-11-13-6-8-17(28-13)12-5-7-16(22)14(10-12)20(26)27/h5-8,10-11,15,18H,2-4,9H2,1H3,(H,24,25)(H,26,27)/b23-11-/t15-,18-,21+/m1/s1. The third-order valence-corrected chi connectivity index (χ3v) is 6.42. The molecular formula is C21H21ClN2O4. The largest absolute Gasteiger partial charge is 0.478 e. The van der Waals surface area contributed by atoms with Gasteiger partial charge in [0.1, 0.15) is 11.5 Å². The highest BCUT2D eigenvalue weighted by Gasteiger charge is 2.64. The number of nitrogens with zero attached hydrogens (tertiary/aromatic N) is 1. The number of hydrogen-bond acceptors (Lipinski definition) is 4. The van der Waals surface area contributed by atoms with Gasteiger partial charge in [-0.3, -0.25) is 4.79 Å². The lowest BCUT2D eigenvalue weighted by Gasteiger charge is -2.15. The molecule has 4 rings (SSSR count). The number of carbonyl (C=O) groups excluding carboxylic acids is 1. The molecule has 2 fully saturated rings. The van der Waals surface area contributed by atoms with Gasteiger partial charge in [-0.15, -0.1) is 0 Å². The number of halogens is 1. The summed E-state index contributed by atoms with van der Waals surface area (Å²) in [6.07, 6.45) is 6.09. The predicted octanol–water partition coefficient (Wildman–Crippen LogP) is 4.57. The molecule has 1 amide bonds. The first-order chi connectivity index (χ1) is 13.4. The summed E-state index contributed by atoms with van der Waals surface area (Å²) in [6, 6.07) is 8.09. The van der Waals surface area contributed by atoms with Gasteiger partial charge in [-0.05, 0) is 54.5 Å². The Hall–Kier alpha value is -2.60. The highest BCUT2D eigenvalue weighted by molar-refractivity contribution is 6.33. The van der Waals surface area contributed by atoms with Gasteiger partial charge in [0.25, 0.3) is 0 Å². The average molecular weight is 401 g/mol. The number of hydrogen-bond donors (Lipinski definition) is 2. The van der Waals surface area contributed by atoms with Gasteiger partial charge in [0.15, 0.2) is 0 Å². The van der Waals surface area contributed by atoms with E-state index in [1.165, 1.54) is 31.2 Å². The van der Waals surface area contributed by atoms with E-state index >= 15 is 0 Å². The Balaban J connectivity index is 1.41. The van der Waals surface area contributed by atoms with Crippen molar-refractivity contribution >= 4 is 29.7 Å². The molecule has 2 N–H and O–H groups in total. The van der Waals surface area contributed by atoms with E-state index < -0.39 is 5.97 Å². The number of carbonyl (C=O) groups is 2. The fourth-order valence-corrected chi connectivity index (χ4v) is 4.70. The molecule has 2 aromatic rings. The quantitative estimate of drug-likeness (QED) is 0.567. The molecule has 146 valence electrons. The molecule has 0 unspecified atom stereocenters. The van der Waals surface area contributed by atoms with Crippen LogP contribution in [0.3, 0.4) is 0 Å². The van der Waals surface area contributed by atoms with E-state index in [-0.39, 0.29) is 27.8 Å². The van der Waals surface area contributed by atoms with Crippen LogP contribution in [0.5, 0.6) is 0 Å². The maximum atomic E-state index is 12.4. The van der Waals surface area contributed by atoms with Crippen LogP contribution in [0.25, 0.3) is 11.3 Å². The van der Waals surface area contributed by atoms with Gasteiger partial charge in [-0.25, -0.2) is 10.2 Å². The summed E-state index contributed by atoms with van der Waals surface area (Å²) in [5.41, 5.74) is 3.38. The lowest BCUT2D eigenvalue weighted by molar-refractivity contribution is -0.123. The molecule has 2 aliphatic rings. The van der Waals surface area contributed by atoms with Crippen LogP contribution in [0, 0.1) is 17.3 Å². The molecule has 7 heteroatoms. The molecule has 0 bridgehead atoms. The van der Waals surface area contributed by atoms with Crippen molar-refractivity contribution in [2.24, 2.45) is 22.4 Å². The third-order valence-electron chi connectivity index (χ3n) is 6.09. The van der Waals surface area contributed by atoms with Crippen LogP contribution >= 0.6 is 11.6 Å². The molecule has 1 heterocycles. The minimum Gasteiger partial charge on any atom is -0.478 e. The molecule has 1 aromatic heterocycles. The van der Waals surface area contributed by atoms with E-state index in [4.69, 9.17) is 16.0 Å². The SMILES string of the molecule is C[C@]12CCCC[C@@H]1[C@@H]2C(=O)N/N=C\c1ccc(-c2ccc(Cl)c(C(=O)O)c2)o1. The summed E-state index contributed by atoms with van der Waals surface area (Å²) in [4.78, 5) is 23.6. The van der Waals surface area contributed by atoms with Gasteiger partial charge >= 0.3 is 5.97 Å². The van der Waals surface area contributed by atoms with Crippen LogP contribution in [0.1, 0.15) is 48.7 Å². The van der Waals surface area contributed by atoms with E-state index in [9.17, 15) is 14.7 Å². The summed E-state index contributed by atoms with van der Waals surface area (Å²) in [7, 11) is 0. The third kappa shape index (κ3) is 3.33. The first kappa shape index (κ1) is 18.7. The number of benzene rings is 1. The number of furan rings is 1. The Labute approximate surface area is 167 Å². The van der Waals surface area contributed by atoms with Crippen molar-refractivity contribution < 1.29 is 19.1 Å². The van der Waals surface area contributed by atoms with Crippen LogP contribution in [-0.4, -0.2) is 23.2 Å². The van der Waals surface area contributed by atoms with E-state index in [0.29, 0.717) is 23.0 Å². The van der Waals surface area contributed by atoms with Crippen molar-refractivity contribution in [3.63, 3.8) is 0 Å². The Bertz CT molecular complexity index is 967. The first-order valence-electron chi connectivity index (χ1n) is 9.36. The molecule has 0 aliphatic heterocycles. The zero-order chi connectivity index (χ0) is 19.9. The number of aromatic carboxylic acids is 1. The number of nitrogens with one attached hydrogen (secondary N) is 1. The summed E-state index contributed by atoms with van der Waals surface area (Å²) in [5.74, 6) is 0.371. The monoisotopic (exact) mass is 400 g/mol. The number of rotatable bonds is 5. The van der Waals surface area contributed by atoms with Crippen molar-refractivity contribution in [3.05, 3.63) is 46.7 Å². The summed E-state index contributed by atoms with van der Waals surface area (Å²) in [5, 5.41) is 13.4. The number of hydrazone groups is 1. The van der Waals surface area contributed by atoms with E-state index in [0.717, 1.165) is 12.8 Å². The molecule has 6 nitrogen and oxygen atoms in total. The molecule has 2 saturated carbocycles. The number of fused-ring (bicyclic) bond motifs is 1. The smallest absolute Gasteiger partial charge is 0.337 e. The highest BCUT2D eigenvalue weighted by atomic mass is 35.5. The molecular weight excluding hydrogens is 380 g/mol. The van der Waals surface area contributed by atoms with Gasteiger partial charge in [0.2, 0.25) is 5.91 Å². The van der Waals surface area contributed by atoms with E-state index in [1.54, 1.807) is 18.2 Å². The first-order valence-corrected chi connectivity index (χ1v) is 9.74. The maximum Gasteiger partial charge on any atom is 0.337 e. The van der Waals surface area contributed by atoms with Gasteiger partial charge < -0.3 is 9.52 Å². The van der Waals surface area contributed by atoms with Crippen LogP contribution in [-0.2, 0) is 4.79 Å². The Kier molecular flexibility index (Phi) is 4.75. The van der Waals surface area contributed by atoms with Crippen molar-refractivity contribution in [1.82, 2.24) is 5.43 Å². The van der Waals surface area contributed by atoms with Crippen molar-refractivity contribution in [1.29, 1.82) is 0 Å². The van der Waals surface area contributed by atoms with Gasteiger partial charge in [0.05, 0.1) is 16.8 Å². The van der Waals surface area contributed by atoms with Crippen molar-refractivity contribution in [3.8, 4) is 11.3 Å². The summed E-state index contributed by atoms with van der Waals surface area (Å²) >= 11 is 5.89. The zero-order valence-corrected chi connectivity index (χ0v) is 16.2. The van der Waals surface area contributed by atoms with Gasteiger partial charge in [0, 0.05) is 11.5 Å². The Morgan fingerprint density at radius 3 is 2.86 bits per heavy atom. The second-order valence-corrected chi connectivity index (χ2v) is 8.18. The number of carboxylic acids is 1. The Morgan fingerprint density at radius 2 is 2.14 bits per heavy atom. The number of amides is 1. The van der Waals surface area contributed by atoms with Crippen LogP contribution < -0.4 is 5.43 Å². The van der Waals surface area contributed by atoms with Gasteiger partial charge in [-0.1, -0.05) is 31.4 Å². The summed E-state index contributed by atoms with van der Waals surface area (Å²) < 4.78 is 5.68. The molecule has 2 aliphatic carbocycles. The molecule has 1 aromatic carbocycles. The van der Waals surface area contributed by atoms with E-state index in [1.807, 2.05) is 0 Å². The second-order valence-electron chi connectivity index (χ2n) is 7.77. The van der Waals surface area contributed by atoms with E-state index in [2.05, 4.69) is 17.5 Å². The van der Waals surface area contributed by atoms with Gasteiger partial charge in [-0.2, -0.15) is 5.10 Å². The molecule has 28 heavy (non-hydrogen) atoms. The fraction of sp³-hybridized carbons (Fsp3) is 0.381. The van der Waals surface area contributed by atoms with Crippen LogP contribution in [0.2, 0.25) is 5.02 Å². The molecule has 3 atom stereocenters. The van der Waals surface area contributed by atoms with Crippen molar-refractivity contribution in [2.75, 3.05) is 0 Å². The topological polar surface area (TPSA) is 91.9 Å². The highest BCUT2D eigenvalue weighted by Crippen LogP contribution is 2.66. The molecule has 0 saturated heterocycles. The second kappa shape index (κ2) is 7.09. The van der Waals surface area contributed by atoms with Crippen molar-refractivity contribution in [2.45, 2.75) is 32.6 Å². The van der Waals surface area contributed by atoms with Crippen LogP contribution in [0.4, 0.5) is 0 Å². The van der Waals surface area contributed by atoms with Crippen LogP contribution in [0.15, 0.2) is 39.9 Å². The fourth-order valence-electron chi connectivity index (χ4n) is 4.50. The maximum absolute atomic E-state index is 12.4.